The van der Waals surface area contributed by atoms with Gasteiger partial charge in [-0.3, -0.25) is 0 Å². The topological polar surface area (TPSA) is 75.3 Å². The van der Waals surface area contributed by atoms with E-state index in [2.05, 4.69) is 23.8 Å². The average Bonchev–Trinajstić information content (AvgIpc) is 3.28. The number of sulfonamides is 1. The lowest BCUT2D eigenvalue weighted by Crippen LogP contribution is -2.44. The van der Waals surface area contributed by atoms with Gasteiger partial charge in [0.1, 0.15) is 5.75 Å². The molecule has 1 N–H and O–H groups in total. The summed E-state index contributed by atoms with van der Waals surface area (Å²) < 4.78 is 34.8. The molecular weight excluding hydrogens is 398 g/mol. The summed E-state index contributed by atoms with van der Waals surface area (Å²) in [5, 5.41) is 0. The van der Waals surface area contributed by atoms with Crippen molar-refractivity contribution in [2.24, 2.45) is 5.92 Å². The molecule has 1 aromatic carbocycles. The van der Waals surface area contributed by atoms with Gasteiger partial charge in [0.15, 0.2) is 0 Å². The maximum Gasteiger partial charge on any atom is 0.243 e. The second kappa shape index (κ2) is 11.0. The molecule has 1 aliphatic rings. The van der Waals surface area contributed by atoms with Crippen LogP contribution in [0.25, 0.3) is 0 Å². The van der Waals surface area contributed by atoms with Crippen molar-refractivity contribution < 1.29 is 13.2 Å². The highest BCUT2D eigenvalue weighted by Gasteiger charge is 2.36. The zero-order chi connectivity index (χ0) is 21.4. The number of ether oxygens (including phenoxy) is 1. The number of hydrogen-bond donors (Lipinski definition) is 1. The van der Waals surface area contributed by atoms with Crippen LogP contribution in [0.5, 0.6) is 5.75 Å². The quantitative estimate of drug-likeness (QED) is 0.498. The molecule has 1 heterocycles. The van der Waals surface area contributed by atoms with E-state index in [1.165, 1.54) is 19.3 Å². The van der Waals surface area contributed by atoms with Crippen molar-refractivity contribution in [1.29, 1.82) is 0 Å². The molecule has 0 saturated heterocycles. The van der Waals surface area contributed by atoms with Crippen LogP contribution >= 0.6 is 0 Å². The number of nitrogens with one attached hydrogen (secondary N) is 1. The molecule has 30 heavy (non-hydrogen) atoms. The summed E-state index contributed by atoms with van der Waals surface area (Å²) in [6.45, 7) is 5.17. The van der Waals surface area contributed by atoms with E-state index in [9.17, 15) is 8.42 Å². The summed E-state index contributed by atoms with van der Waals surface area (Å²) >= 11 is 0. The van der Waals surface area contributed by atoms with Gasteiger partial charge in [-0.15, -0.1) is 0 Å². The third-order valence-corrected chi connectivity index (χ3v) is 7.95. The number of unbranched alkanes of at least 4 members (excludes halogenated alkanes) is 1. The summed E-state index contributed by atoms with van der Waals surface area (Å²) in [4.78, 5) is 7.47. The van der Waals surface area contributed by atoms with Gasteiger partial charge in [-0.1, -0.05) is 39.5 Å². The molecule has 0 bridgehead atoms. The van der Waals surface area contributed by atoms with Gasteiger partial charge in [0.05, 0.1) is 24.4 Å². The number of imidazole rings is 1. The van der Waals surface area contributed by atoms with E-state index >= 15 is 0 Å². The van der Waals surface area contributed by atoms with E-state index in [1.807, 2.05) is 0 Å². The number of H-pyrrole nitrogens is 1. The molecule has 1 aromatic heterocycles. The summed E-state index contributed by atoms with van der Waals surface area (Å²) in [6.07, 6.45) is 12.0. The Balaban J connectivity index is 1.86. The maximum atomic E-state index is 13.7. The Morgan fingerprint density at radius 2 is 1.90 bits per heavy atom. The van der Waals surface area contributed by atoms with E-state index < -0.39 is 10.0 Å². The lowest BCUT2D eigenvalue weighted by atomic mass is 9.83. The molecule has 166 valence electrons. The van der Waals surface area contributed by atoms with Crippen molar-refractivity contribution in [3.63, 3.8) is 0 Å². The molecule has 1 atom stereocenters. The Kier molecular flexibility index (Phi) is 8.33. The molecule has 7 heteroatoms. The third-order valence-electron chi connectivity index (χ3n) is 6.06. The van der Waals surface area contributed by atoms with Gasteiger partial charge in [0.2, 0.25) is 10.0 Å². The van der Waals surface area contributed by atoms with Crippen LogP contribution in [0, 0.1) is 5.92 Å². The SMILES string of the molecule is CCCCOc1ccc(S(=O)(=O)N(Cc2cnc[nH]2)[C@H](CC)C2CCCCC2)cc1. The van der Waals surface area contributed by atoms with Crippen molar-refractivity contribution >= 4 is 10.0 Å². The van der Waals surface area contributed by atoms with Crippen molar-refractivity contribution in [2.75, 3.05) is 6.61 Å². The molecule has 1 saturated carbocycles. The number of benzene rings is 1. The van der Waals surface area contributed by atoms with Crippen LogP contribution < -0.4 is 4.74 Å². The summed E-state index contributed by atoms with van der Waals surface area (Å²) in [5.41, 5.74) is 0.812. The van der Waals surface area contributed by atoms with Crippen LogP contribution in [0.15, 0.2) is 41.7 Å². The second-order valence-electron chi connectivity index (χ2n) is 8.17. The fourth-order valence-electron chi connectivity index (χ4n) is 4.39. The van der Waals surface area contributed by atoms with Gasteiger partial charge in [0.25, 0.3) is 0 Å². The molecule has 0 radical (unpaired) electrons. The van der Waals surface area contributed by atoms with Crippen LogP contribution in [0.4, 0.5) is 0 Å². The molecule has 0 amide bonds. The predicted molar refractivity (Wildman–Crippen MR) is 119 cm³/mol. The normalized spacial score (nSPS) is 16.6. The first kappa shape index (κ1) is 22.8. The van der Waals surface area contributed by atoms with Crippen LogP contribution in [-0.4, -0.2) is 35.3 Å². The highest BCUT2D eigenvalue weighted by Crippen LogP contribution is 2.34. The monoisotopic (exact) mass is 433 g/mol. The largest absolute Gasteiger partial charge is 0.494 e. The molecule has 0 aliphatic heterocycles. The lowest BCUT2D eigenvalue weighted by Gasteiger charge is -2.37. The number of aromatic nitrogens is 2. The van der Waals surface area contributed by atoms with Crippen LogP contribution in [0.3, 0.4) is 0 Å². The van der Waals surface area contributed by atoms with Crippen LogP contribution in [-0.2, 0) is 16.6 Å². The molecule has 1 aliphatic carbocycles. The first-order valence-corrected chi connectivity index (χ1v) is 12.7. The number of aromatic amines is 1. The number of hydrogen-bond acceptors (Lipinski definition) is 4. The van der Waals surface area contributed by atoms with Crippen molar-refractivity contribution in [1.82, 2.24) is 14.3 Å². The highest BCUT2D eigenvalue weighted by atomic mass is 32.2. The zero-order valence-corrected chi connectivity index (χ0v) is 19.0. The fourth-order valence-corrected chi connectivity index (χ4v) is 6.13. The predicted octanol–water partition coefficient (Wildman–Crippen LogP) is 5.14. The standard InChI is InChI=1S/C23H35N3O3S/c1-3-5-15-29-21-11-13-22(14-12-21)30(27,28)26(17-20-16-24-18-25-20)23(4-2)19-9-7-6-8-10-19/h11-14,16,18-19,23H,3-10,15,17H2,1-2H3,(H,24,25)/t23-/m1/s1. The first-order chi connectivity index (χ1) is 14.6. The molecular formula is C23H35N3O3S. The number of rotatable bonds is 11. The van der Waals surface area contributed by atoms with Gasteiger partial charge in [-0.2, -0.15) is 4.31 Å². The van der Waals surface area contributed by atoms with E-state index in [1.54, 1.807) is 41.1 Å². The van der Waals surface area contributed by atoms with E-state index in [-0.39, 0.29) is 6.04 Å². The highest BCUT2D eigenvalue weighted by molar-refractivity contribution is 7.89. The first-order valence-electron chi connectivity index (χ1n) is 11.3. The van der Waals surface area contributed by atoms with Gasteiger partial charge >= 0.3 is 0 Å². The van der Waals surface area contributed by atoms with E-state index in [0.717, 1.165) is 37.8 Å². The molecule has 3 rings (SSSR count). The van der Waals surface area contributed by atoms with E-state index in [4.69, 9.17) is 4.74 Å². The fraction of sp³-hybridized carbons (Fsp3) is 0.609. The lowest BCUT2D eigenvalue weighted by molar-refractivity contribution is 0.181. The zero-order valence-electron chi connectivity index (χ0n) is 18.2. The Hall–Kier alpha value is -1.86. The van der Waals surface area contributed by atoms with Crippen LogP contribution in [0.1, 0.15) is 70.9 Å². The average molecular weight is 434 g/mol. The Bertz CT molecular complexity index is 844. The minimum Gasteiger partial charge on any atom is -0.494 e. The molecule has 6 nitrogen and oxygen atoms in total. The van der Waals surface area contributed by atoms with Gasteiger partial charge in [-0.05, 0) is 55.9 Å². The van der Waals surface area contributed by atoms with Crippen molar-refractivity contribution in [3.8, 4) is 5.75 Å². The Labute approximate surface area is 181 Å². The molecule has 0 spiro atoms. The summed E-state index contributed by atoms with van der Waals surface area (Å²) in [7, 11) is -3.65. The molecule has 0 unspecified atom stereocenters. The smallest absolute Gasteiger partial charge is 0.243 e. The Morgan fingerprint density at radius 3 is 2.50 bits per heavy atom. The van der Waals surface area contributed by atoms with E-state index in [0.29, 0.717) is 29.7 Å². The van der Waals surface area contributed by atoms with Gasteiger partial charge in [-0.25, -0.2) is 13.4 Å². The van der Waals surface area contributed by atoms with Crippen molar-refractivity contribution in [3.05, 3.63) is 42.5 Å². The third kappa shape index (κ3) is 5.64. The minimum absolute atomic E-state index is 0.0147. The molecule has 1 fully saturated rings. The van der Waals surface area contributed by atoms with Gasteiger partial charge in [0, 0.05) is 17.9 Å². The second-order valence-corrected chi connectivity index (χ2v) is 10.1. The van der Waals surface area contributed by atoms with Gasteiger partial charge < -0.3 is 9.72 Å². The van der Waals surface area contributed by atoms with Crippen molar-refractivity contribution in [2.45, 2.75) is 82.7 Å². The Morgan fingerprint density at radius 1 is 1.17 bits per heavy atom. The number of nitrogens with zero attached hydrogens (tertiary/aromatic N) is 2. The molecule has 2 aromatic rings. The summed E-state index contributed by atoms with van der Waals surface area (Å²) in [6, 6.07) is 6.85. The van der Waals surface area contributed by atoms with Crippen LogP contribution in [0.2, 0.25) is 0 Å². The maximum absolute atomic E-state index is 13.7. The minimum atomic E-state index is -3.65. The summed E-state index contributed by atoms with van der Waals surface area (Å²) in [5.74, 6) is 1.11.